The van der Waals surface area contributed by atoms with Crippen LogP contribution in [-0.2, 0) is 0 Å². The summed E-state index contributed by atoms with van der Waals surface area (Å²) < 4.78 is 14.2. The number of nitrogens with two attached hydrogens (primary N) is 1. The summed E-state index contributed by atoms with van der Waals surface area (Å²) in [5.41, 5.74) is 5.31. The van der Waals surface area contributed by atoms with Gasteiger partial charge in [0.05, 0.1) is 16.8 Å². The Hall–Kier alpha value is -3.78. The molecule has 0 radical (unpaired) electrons. The van der Waals surface area contributed by atoms with Gasteiger partial charge in [-0.3, -0.25) is 29.1 Å². The zero-order chi connectivity index (χ0) is 20.9. The highest BCUT2D eigenvalue weighted by atomic mass is 35.5. The molecule has 4 rings (SSSR count). The standard InChI is InChI=1S/C20H11ClFN3O4/c21-10-3-6-14(12(7-10)17(27)9-1-4-11(22)5-2-9)25-15(26)8-13-16(18(25)23)20(29)24-19(13)28/h1-8H,23H2,(H,24,28,29). The first kappa shape index (κ1) is 18.6. The molecule has 29 heavy (non-hydrogen) atoms. The highest BCUT2D eigenvalue weighted by Gasteiger charge is 2.32. The van der Waals surface area contributed by atoms with E-state index in [1.54, 1.807) is 0 Å². The van der Waals surface area contributed by atoms with Crippen LogP contribution in [0.25, 0.3) is 5.69 Å². The van der Waals surface area contributed by atoms with Crippen molar-refractivity contribution in [3.8, 4) is 5.69 Å². The van der Waals surface area contributed by atoms with Gasteiger partial charge in [0.1, 0.15) is 11.6 Å². The molecule has 0 bridgehead atoms. The van der Waals surface area contributed by atoms with Gasteiger partial charge in [-0.05, 0) is 42.5 Å². The van der Waals surface area contributed by atoms with Crippen LogP contribution in [0.2, 0.25) is 5.02 Å². The SMILES string of the molecule is Nc1c2c(cc(=O)n1-c1ccc(Cl)cc1C(=O)c1ccc(F)cc1)C(=O)NC2=O. The Balaban J connectivity index is 1.96. The number of nitrogens with one attached hydrogen (secondary N) is 1. The van der Waals surface area contributed by atoms with Gasteiger partial charge in [-0.25, -0.2) is 4.39 Å². The van der Waals surface area contributed by atoms with Crippen molar-refractivity contribution in [1.29, 1.82) is 0 Å². The van der Waals surface area contributed by atoms with E-state index in [1.165, 1.54) is 30.3 Å². The quantitative estimate of drug-likeness (QED) is 0.507. The van der Waals surface area contributed by atoms with Crippen molar-refractivity contribution < 1.29 is 18.8 Å². The topological polar surface area (TPSA) is 111 Å². The number of halogens is 2. The van der Waals surface area contributed by atoms with Crippen LogP contribution >= 0.6 is 11.6 Å². The molecule has 0 spiro atoms. The van der Waals surface area contributed by atoms with E-state index in [0.717, 1.165) is 22.8 Å². The molecule has 0 aliphatic carbocycles. The molecular formula is C20H11ClFN3O4. The van der Waals surface area contributed by atoms with Crippen molar-refractivity contribution in [1.82, 2.24) is 9.88 Å². The first-order valence-corrected chi connectivity index (χ1v) is 8.67. The number of ketones is 1. The summed E-state index contributed by atoms with van der Waals surface area (Å²) in [6.07, 6.45) is 0. The molecular weight excluding hydrogens is 401 g/mol. The summed E-state index contributed by atoms with van der Waals surface area (Å²) in [5.74, 6) is -2.79. The minimum Gasteiger partial charge on any atom is -0.384 e. The lowest BCUT2D eigenvalue weighted by Gasteiger charge is -2.15. The van der Waals surface area contributed by atoms with Crippen molar-refractivity contribution in [2.45, 2.75) is 0 Å². The molecule has 1 aliphatic rings. The summed E-state index contributed by atoms with van der Waals surface area (Å²) in [5, 5.41) is 2.30. The number of pyridine rings is 1. The molecule has 0 fully saturated rings. The Morgan fingerprint density at radius 1 is 1.00 bits per heavy atom. The summed E-state index contributed by atoms with van der Waals surface area (Å²) in [4.78, 5) is 49.6. The summed E-state index contributed by atoms with van der Waals surface area (Å²) in [6.45, 7) is 0. The fourth-order valence-electron chi connectivity index (χ4n) is 3.17. The number of rotatable bonds is 3. The molecule has 9 heteroatoms. The van der Waals surface area contributed by atoms with Crippen LogP contribution in [0.3, 0.4) is 0 Å². The average molecular weight is 412 g/mol. The molecule has 3 N–H and O–H groups in total. The largest absolute Gasteiger partial charge is 0.384 e. The Morgan fingerprint density at radius 3 is 2.38 bits per heavy atom. The van der Waals surface area contributed by atoms with Crippen molar-refractivity contribution in [3.63, 3.8) is 0 Å². The van der Waals surface area contributed by atoms with Gasteiger partial charge in [-0.15, -0.1) is 0 Å². The number of fused-ring (bicyclic) bond motifs is 1. The van der Waals surface area contributed by atoms with Crippen LogP contribution in [-0.4, -0.2) is 22.2 Å². The molecule has 0 unspecified atom stereocenters. The number of benzene rings is 2. The van der Waals surface area contributed by atoms with Crippen LogP contribution < -0.4 is 16.6 Å². The first-order valence-electron chi connectivity index (χ1n) is 8.29. The summed E-state index contributed by atoms with van der Waals surface area (Å²) in [7, 11) is 0. The minimum absolute atomic E-state index is 0.0163. The molecule has 3 aromatic rings. The zero-order valence-corrected chi connectivity index (χ0v) is 15.3. The molecule has 1 aromatic heterocycles. The number of nitrogens with zero attached hydrogens (tertiary/aromatic N) is 1. The minimum atomic E-state index is -0.739. The fraction of sp³-hybridized carbons (Fsp3) is 0. The van der Waals surface area contributed by atoms with Crippen molar-refractivity contribution >= 4 is 35.0 Å². The molecule has 1 aliphatic heterocycles. The van der Waals surface area contributed by atoms with E-state index in [1.807, 2.05) is 0 Å². The molecule has 2 amide bonds. The smallest absolute Gasteiger partial charge is 0.262 e. The third-order valence-corrected chi connectivity index (χ3v) is 4.74. The molecule has 0 saturated carbocycles. The van der Waals surface area contributed by atoms with E-state index >= 15 is 0 Å². The van der Waals surface area contributed by atoms with Crippen LogP contribution in [0, 0.1) is 5.82 Å². The van der Waals surface area contributed by atoms with Gasteiger partial charge in [-0.1, -0.05) is 11.6 Å². The number of imide groups is 1. The van der Waals surface area contributed by atoms with Crippen LogP contribution in [0.1, 0.15) is 36.6 Å². The number of hydrogen-bond acceptors (Lipinski definition) is 5. The highest BCUT2D eigenvalue weighted by Crippen LogP contribution is 2.27. The van der Waals surface area contributed by atoms with Crippen LogP contribution in [0.15, 0.2) is 53.3 Å². The van der Waals surface area contributed by atoms with E-state index < -0.39 is 29.0 Å². The molecule has 2 aromatic carbocycles. The Morgan fingerprint density at radius 2 is 1.69 bits per heavy atom. The summed E-state index contributed by atoms with van der Waals surface area (Å²) in [6, 6.07) is 10.0. The van der Waals surface area contributed by atoms with Crippen molar-refractivity contribution in [2.75, 3.05) is 5.73 Å². The van der Waals surface area contributed by atoms with Gasteiger partial charge < -0.3 is 5.73 Å². The van der Waals surface area contributed by atoms with Gasteiger partial charge in [0, 0.05) is 22.2 Å². The van der Waals surface area contributed by atoms with Crippen LogP contribution in [0.5, 0.6) is 0 Å². The maximum absolute atomic E-state index is 13.2. The van der Waals surface area contributed by atoms with Crippen LogP contribution in [0.4, 0.5) is 10.2 Å². The molecule has 0 atom stereocenters. The Labute approximate surface area is 167 Å². The van der Waals surface area contributed by atoms with Crippen molar-refractivity contribution in [3.05, 3.63) is 92.0 Å². The lowest BCUT2D eigenvalue weighted by atomic mass is 10.0. The van der Waals surface area contributed by atoms with Gasteiger partial charge in [0.2, 0.25) is 0 Å². The van der Waals surface area contributed by atoms with Gasteiger partial charge in [0.25, 0.3) is 17.4 Å². The zero-order valence-electron chi connectivity index (χ0n) is 14.5. The van der Waals surface area contributed by atoms with Gasteiger partial charge >= 0.3 is 0 Å². The fourth-order valence-corrected chi connectivity index (χ4v) is 3.34. The molecule has 144 valence electrons. The lowest BCUT2D eigenvalue weighted by molar-refractivity contribution is 0.0879. The number of aromatic nitrogens is 1. The maximum atomic E-state index is 13.2. The maximum Gasteiger partial charge on any atom is 0.262 e. The molecule has 0 saturated heterocycles. The highest BCUT2D eigenvalue weighted by molar-refractivity contribution is 6.31. The van der Waals surface area contributed by atoms with Gasteiger partial charge in [-0.2, -0.15) is 0 Å². The molecule has 7 nitrogen and oxygen atoms in total. The average Bonchev–Trinajstić information content (AvgIpc) is 2.96. The number of nitrogen functional groups attached to an aromatic ring is 1. The lowest BCUT2D eigenvalue weighted by Crippen LogP contribution is -2.25. The third-order valence-electron chi connectivity index (χ3n) is 4.50. The number of anilines is 1. The number of hydrogen-bond donors (Lipinski definition) is 2. The van der Waals surface area contributed by atoms with Crippen molar-refractivity contribution in [2.24, 2.45) is 0 Å². The normalized spacial score (nSPS) is 12.6. The second-order valence-corrected chi connectivity index (χ2v) is 6.71. The van der Waals surface area contributed by atoms with Gasteiger partial charge in [0.15, 0.2) is 5.78 Å². The molecule has 2 heterocycles. The second-order valence-electron chi connectivity index (χ2n) is 6.27. The van der Waals surface area contributed by atoms with E-state index in [4.69, 9.17) is 17.3 Å². The number of carbonyl (C=O) groups is 3. The predicted molar refractivity (Wildman–Crippen MR) is 103 cm³/mol. The number of amides is 2. The number of carbonyl (C=O) groups excluding carboxylic acids is 3. The second kappa shape index (κ2) is 6.68. The van der Waals surface area contributed by atoms with E-state index in [2.05, 4.69) is 5.32 Å². The predicted octanol–water partition coefficient (Wildman–Crippen LogP) is 2.33. The van der Waals surface area contributed by atoms with E-state index in [0.29, 0.717) is 0 Å². The Kier molecular flexibility index (Phi) is 4.28. The van der Waals surface area contributed by atoms with E-state index in [9.17, 15) is 23.6 Å². The first-order chi connectivity index (χ1) is 13.8. The monoisotopic (exact) mass is 411 g/mol. The summed E-state index contributed by atoms with van der Waals surface area (Å²) >= 11 is 6.04. The third kappa shape index (κ3) is 2.99. The Bertz CT molecular complexity index is 1280. The van der Waals surface area contributed by atoms with E-state index in [-0.39, 0.29) is 38.8 Å².